The van der Waals surface area contributed by atoms with Crippen LogP contribution in [0.4, 0.5) is 10.1 Å². The standard InChI is InChI=1S/C13H16ClFN2O2/c1-8-10(15)6-9(13(16)19)7-11(8)17-12(18)4-2-3-5-14/h6-7H,2-5H2,1H3,(H2,16,19)(H,17,18). The Morgan fingerprint density at radius 2 is 2.05 bits per heavy atom. The second-order valence-corrected chi connectivity index (χ2v) is 4.57. The van der Waals surface area contributed by atoms with Crippen LogP contribution in [0.5, 0.6) is 0 Å². The number of carbonyl (C=O) groups is 2. The highest BCUT2D eigenvalue weighted by Crippen LogP contribution is 2.21. The molecule has 4 nitrogen and oxygen atoms in total. The minimum atomic E-state index is -0.739. The van der Waals surface area contributed by atoms with E-state index in [1.54, 1.807) is 0 Å². The van der Waals surface area contributed by atoms with Gasteiger partial charge in [-0.05, 0) is 31.9 Å². The zero-order valence-electron chi connectivity index (χ0n) is 10.6. The first-order valence-electron chi connectivity index (χ1n) is 5.91. The summed E-state index contributed by atoms with van der Waals surface area (Å²) in [5.74, 6) is -1.06. The monoisotopic (exact) mass is 286 g/mol. The van der Waals surface area contributed by atoms with Crippen molar-refractivity contribution in [2.75, 3.05) is 11.2 Å². The van der Waals surface area contributed by atoms with E-state index in [4.69, 9.17) is 17.3 Å². The van der Waals surface area contributed by atoms with Gasteiger partial charge in [0, 0.05) is 29.1 Å². The maximum atomic E-state index is 13.6. The highest BCUT2D eigenvalue weighted by atomic mass is 35.5. The molecule has 0 unspecified atom stereocenters. The lowest BCUT2D eigenvalue weighted by molar-refractivity contribution is -0.116. The Kier molecular flexibility index (Phi) is 5.76. The lowest BCUT2D eigenvalue weighted by Gasteiger charge is -2.10. The van der Waals surface area contributed by atoms with Crippen molar-refractivity contribution in [3.63, 3.8) is 0 Å². The molecule has 0 heterocycles. The maximum absolute atomic E-state index is 13.6. The van der Waals surface area contributed by atoms with Crippen molar-refractivity contribution >= 4 is 29.1 Å². The number of primary amides is 1. The number of alkyl halides is 1. The van der Waals surface area contributed by atoms with E-state index in [-0.39, 0.29) is 22.7 Å². The fraction of sp³-hybridized carbons (Fsp3) is 0.385. The third-order valence-corrected chi connectivity index (χ3v) is 2.96. The number of halogens is 2. The number of amides is 2. The predicted octanol–water partition coefficient (Wildman–Crippen LogP) is 2.58. The van der Waals surface area contributed by atoms with Crippen molar-refractivity contribution < 1.29 is 14.0 Å². The van der Waals surface area contributed by atoms with Gasteiger partial charge >= 0.3 is 0 Å². The van der Waals surface area contributed by atoms with Crippen LogP contribution >= 0.6 is 11.6 Å². The van der Waals surface area contributed by atoms with E-state index in [1.165, 1.54) is 13.0 Å². The topological polar surface area (TPSA) is 72.2 Å². The molecule has 3 N–H and O–H groups in total. The van der Waals surface area contributed by atoms with Gasteiger partial charge in [0.2, 0.25) is 11.8 Å². The van der Waals surface area contributed by atoms with Gasteiger partial charge in [-0.25, -0.2) is 4.39 Å². The number of nitrogens with one attached hydrogen (secondary N) is 1. The molecule has 0 saturated heterocycles. The minimum absolute atomic E-state index is 0.0270. The third-order valence-electron chi connectivity index (χ3n) is 2.69. The SMILES string of the molecule is Cc1c(F)cc(C(N)=O)cc1NC(=O)CCCCCl. The fourth-order valence-corrected chi connectivity index (χ4v) is 1.73. The largest absolute Gasteiger partial charge is 0.366 e. The molecule has 0 fully saturated rings. The first-order chi connectivity index (χ1) is 8.95. The van der Waals surface area contributed by atoms with Gasteiger partial charge in [-0.2, -0.15) is 0 Å². The molecule has 1 aromatic rings. The molecular weight excluding hydrogens is 271 g/mol. The molecule has 0 aliphatic heterocycles. The Balaban J connectivity index is 2.82. The number of hydrogen-bond donors (Lipinski definition) is 2. The molecular formula is C13H16ClFN2O2. The first kappa shape index (κ1) is 15.4. The smallest absolute Gasteiger partial charge is 0.248 e. The minimum Gasteiger partial charge on any atom is -0.366 e. The van der Waals surface area contributed by atoms with Gasteiger partial charge in [0.1, 0.15) is 5.82 Å². The molecule has 104 valence electrons. The van der Waals surface area contributed by atoms with Crippen molar-refractivity contribution in [2.24, 2.45) is 5.73 Å². The molecule has 0 aromatic heterocycles. The van der Waals surface area contributed by atoms with E-state index in [0.29, 0.717) is 18.7 Å². The van der Waals surface area contributed by atoms with Crippen LogP contribution in [0.15, 0.2) is 12.1 Å². The number of anilines is 1. The van der Waals surface area contributed by atoms with Crippen LogP contribution in [0.2, 0.25) is 0 Å². The van der Waals surface area contributed by atoms with Gasteiger partial charge in [-0.1, -0.05) is 0 Å². The van der Waals surface area contributed by atoms with Crippen LogP contribution in [0.25, 0.3) is 0 Å². The highest BCUT2D eigenvalue weighted by Gasteiger charge is 2.12. The molecule has 0 atom stereocenters. The normalized spacial score (nSPS) is 10.3. The lowest BCUT2D eigenvalue weighted by atomic mass is 10.1. The summed E-state index contributed by atoms with van der Waals surface area (Å²) in [5, 5.41) is 2.58. The summed E-state index contributed by atoms with van der Waals surface area (Å²) in [6.07, 6.45) is 1.70. The third kappa shape index (κ3) is 4.52. The average Bonchev–Trinajstić information content (AvgIpc) is 2.34. The van der Waals surface area contributed by atoms with Crippen molar-refractivity contribution in [1.82, 2.24) is 0 Å². The van der Waals surface area contributed by atoms with Crippen molar-refractivity contribution in [2.45, 2.75) is 26.2 Å². The highest BCUT2D eigenvalue weighted by molar-refractivity contribution is 6.17. The van der Waals surface area contributed by atoms with Crippen LogP contribution in [-0.4, -0.2) is 17.7 Å². The van der Waals surface area contributed by atoms with Gasteiger partial charge in [-0.3, -0.25) is 9.59 Å². The molecule has 0 aliphatic carbocycles. The number of unbranched alkanes of at least 4 members (excludes halogenated alkanes) is 1. The number of carbonyl (C=O) groups excluding carboxylic acids is 2. The molecule has 0 bridgehead atoms. The summed E-state index contributed by atoms with van der Waals surface area (Å²) >= 11 is 5.51. The molecule has 1 aromatic carbocycles. The maximum Gasteiger partial charge on any atom is 0.248 e. The zero-order valence-corrected chi connectivity index (χ0v) is 11.4. The quantitative estimate of drug-likeness (QED) is 0.623. The zero-order chi connectivity index (χ0) is 14.4. The Labute approximate surface area is 116 Å². The lowest BCUT2D eigenvalue weighted by Crippen LogP contribution is -2.16. The molecule has 0 radical (unpaired) electrons. The van der Waals surface area contributed by atoms with Crippen LogP contribution in [0, 0.1) is 12.7 Å². The van der Waals surface area contributed by atoms with Gasteiger partial charge in [0.15, 0.2) is 0 Å². The van der Waals surface area contributed by atoms with E-state index in [0.717, 1.165) is 12.5 Å². The molecule has 2 amide bonds. The summed E-state index contributed by atoms with van der Waals surface area (Å²) in [6.45, 7) is 1.52. The molecule has 19 heavy (non-hydrogen) atoms. The Bertz CT molecular complexity index is 492. The average molecular weight is 287 g/mol. The van der Waals surface area contributed by atoms with Crippen molar-refractivity contribution in [3.8, 4) is 0 Å². The van der Waals surface area contributed by atoms with E-state index in [1.807, 2.05) is 0 Å². The number of nitrogens with two attached hydrogens (primary N) is 1. The summed E-state index contributed by atoms with van der Waals surface area (Å²) in [7, 11) is 0. The number of rotatable bonds is 6. The summed E-state index contributed by atoms with van der Waals surface area (Å²) in [6, 6.07) is 2.43. The van der Waals surface area contributed by atoms with E-state index in [9.17, 15) is 14.0 Å². The Morgan fingerprint density at radius 3 is 2.63 bits per heavy atom. The Morgan fingerprint density at radius 1 is 1.37 bits per heavy atom. The molecule has 0 saturated carbocycles. The Hall–Kier alpha value is -1.62. The van der Waals surface area contributed by atoms with Gasteiger partial charge in [0.05, 0.1) is 0 Å². The summed E-state index contributed by atoms with van der Waals surface area (Å²) < 4.78 is 13.6. The van der Waals surface area contributed by atoms with Crippen molar-refractivity contribution in [1.29, 1.82) is 0 Å². The fourth-order valence-electron chi connectivity index (χ4n) is 1.54. The van der Waals surface area contributed by atoms with Gasteiger partial charge in [0.25, 0.3) is 0 Å². The number of benzene rings is 1. The van der Waals surface area contributed by atoms with E-state index >= 15 is 0 Å². The molecule has 1 rings (SSSR count). The van der Waals surface area contributed by atoms with Gasteiger partial charge in [-0.15, -0.1) is 11.6 Å². The molecule has 6 heteroatoms. The first-order valence-corrected chi connectivity index (χ1v) is 6.45. The van der Waals surface area contributed by atoms with Crippen LogP contribution in [0.3, 0.4) is 0 Å². The summed E-state index contributed by atoms with van der Waals surface area (Å²) in [4.78, 5) is 22.7. The van der Waals surface area contributed by atoms with Crippen LogP contribution < -0.4 is 11.1 Å². The van der Waals surface area contributed by atoms with Crippen molar-refractivity contribution in [3.05, 3.63) is 29.1 Å². The predicted molar refractivity (Wildman–Crippen MR) is 72.9 cm³/mol. The number of hydrogen-bond acceptors (Lipinski definition) is 2. The second-order valence-electron chi connectivity index (χ2n) is 4.19. The molecule has 0 spiro atoms. The summed E-state index contributed by atoms with van der Waals surface area (Å²) in [5.41, 5.74) is 5.67. The van der Waals surface area contributed by atoms with Crippen LogP contribution in [0.1, 0.15) is 35.2 Å². The van der Waals surface area contributed by atoms with Crippen LogP contribution in [-0.2, 0) is 4.79 Å². The van der Waals surface area contributed by atoms with E-state index in [2.05, 4.69) is 5.32 Å². The molecule has 0 aliphatic rings. The van der Waals surface area contributed by atoms with Gasteiger partial charge < -0.3 is 11.1 Å². The second kappa shape index (κ2) is 7.09. The van der Waals surface area contributed by atoms with E-state index < -0.39 is 11.7 Å².